The Morgan fingerprint density at radius 3 is 2.52 bits per heavy atom. The summed E-state index contributed by atoms with van der Waals surface area (Å²) in [6, 6.07) is 9.56. The Balaban J connectivity index is 2.72. The molecule has 0 saturated heterocycles. The molecular weight excluding hydrogens is 266 g/mol. The number of carbonyl (C=O) groups is 1. The van der Waals surface area contributed by atoms with Crippen LogP contribution in [0, 0.1) is 11.8 Å². The quantitative estimate of drug-likeness (QED) is 0.515. The van der Waals surface area contributed by atoms with Crippen LogP contribution in [0.3, 0.4) is 0 Å². The van der Waals surface area contributed by atoms with Crippen molar-refractivity contribution in [1.82, 2.24) is 5.32 Å². The molecule has 1 rings (SSSR count). The molecule has 0 heterocycles. The Bertz CT molecular complexity index is 494. The van der Waals surface area contributed by atoms with Gasteiger partial charge < -0.3 is 5.32 Å². The molecular formula is C17H23NO3. The first-order valence-corrected chi connectivity index (χ1v) is 7.08. The molecule has 114 valence electrons. The van der Waals surface area contributed by atoms with Crippen LogP contribution < -0.4 is 5.32 Å². The van der Waals surface area contributed by atoms with Gasteiger partial charge in [-0.2, -0.15) is 0 Å². The predicted octanol–water partition coefficient (Wildman–Crippen LogP) is 2.68. The standard InChI is InChI=1S/C17H23NO3/c1-5-18-16(19)13-15(20-21-17(2,3)4)12-11-14-9-7-6-8-10-14/h6-10,15H,5,13H2,1-4H3,(H,18,19). The maximum absolute atomic E-state index is 11.7. The summed E-state index contributed by atoms with van der Waals surface area (Å²) < 4.78 is 0. The second-order valence-electron chi connectivity index (χ2n) is 5.57. The van der Waals surface area contributed by atoms with Gasteiger partial charge in [0.2, 0.25) is 5.91 Å². The van der Waals surface area contributed by atoms with Gasteiger partial charge in [-0.1, -0.05) is 30.0 Å². The SMILES string of the molecule is CCNC(=O)CC(C#Cc1ccccc1)OOC(C)(C)C. The summed E-state index contributed by atoms with van der Waals surface area (Å²) in [6.07, 6.45) is -0.458. The van der Waals surface area contributed by atoms with Gasteiger partial charge in [-0.3, -0.25) is 4.79 Å². The van der Waals surface area contributed by atoms with Crippen LogP contribution >= 0.6 is 0 Å². The van der Waals surface area contributed by atoms with E-state index in [1.54, 1.807) is 0 Å². The van der Waals surface area contributed by atoms with E-state index in [1.165, 1.54) is 0 Å². The van der Waals surface area contributed by atoms with E-state index in [4.69, 9.17) is 9.78 Å². The Labute approximate surface area is 126 Å². The topological polar surface area (TPSA) is 47.6 Å². The summed E-state index contributed by atoms with van der Waals surface area (Å²) in [4.78, 5) is 22.3. The molecule has 1 N–H and O–H groups in total. The van der Waals surface area contributed by atoms with Crippen LogP contribution in [-0.2, 0) is 14.6 Å². The molecule has 0 aromatic heterocycles. The van der Waals surface area contributed by atoms with Crippen molar-refractivity contribution in [1.29, 1.82) is 0 Å². The average molecular weight is 289 g/mol. The molecule has 0 aliphatic heterocycles. The van der Waals surface area contributed by atoms with Gasteiger partial charge in [-0.25, -0.2) is 9.78 Å². The first-order chi connectivity index (χ1) is 9.90. The molecule has 1 atom stereocenters. The number of rotatable bonds is 5. The van der Waals surface area contributed by atoms with Crippen LogP contribution in [-0.4, -0.2) is 24.2 Å². The van der Waals surface area contributed by atoms with Gasteiger partial charge in [-0.05, 0) is 39.8 Å². The van der Waals surface area contributed by atoms with Gasteiger partial charge >= 0.3 is 0 Å². The van der Waals surface area contributed by atoms with Crippen molar-refractivity contribution in [3.05, 3.63) is 35.9 Å². The van der Waals surface area contributed by atoms with E-state index in [9.17, 15) is 4.79 Å². The highest BCUT2D eigenvalue weighted by Gasteiger charge is 2.18. The molecule has 0 aliphatic carbocycles. The molecule has 0 aliphatic rings. The Hall–Kier alpha value is -1.83. The third-order valence-corrected chi connectivity index (χ3v) is 2.31. The third-order valence-electron chi connectivity index (χ3n) is 2.31. The number of benzene rings is 1. The fraction of sp³-hybridized carbons (Fsp3) is 0.471. The summed E-state index contributed by atoms with van der Waals surface area (Å²) in [7, 11) is 0. The summed E-state index contributed by atoms with van der Waals surface area (Å²) >= 11 is 0. The minimum absolute atomic E-state index is 0.109. The Morgan fingerprint density at radius 1 is 1.29 bits per heavy atom. The van der Waals surface area contributed by atoms with E-state index in [0.29, 0.717) is 6.54 Å². The van der Waals surface area contributed by atoms with Crippen molar-refractivity contribution in [3.8, 4) is 11.8 Å². The lowest BCUT2D eigenvalue weighted by Crippen LogP contribution is -2.30. The number of nitrogens with one attached hydrogen (secondary N) is 1. The smallest absolute Gasteiger partial charge is 0.223 e. The normalized spacial score (nSPS) is 12.2. The largest absolute Gasteiger partial charge is 0.356 e. The monoisotopic (exact) mass is 289 g/mol. The average Bonchev–Trinajstić information content (AvgIpc) is 2.42. The van der Waals surface area contributed by atoms with E-state index in [-0.39, 0.29) is 12.3 Å². The van der Waals surface area contributed by atoms with Crippen molar-refractivity contribution in [2.75, 3.05) is 6.54 Å². The maximum Gasteiger partial charge on any atom is 0.223 e. The lowest BCUT2D eigenvalue weighted by molar-refractivity contribution is -0.362. The van der Waals surface area contributed by atoms with Gasteiger partial charge in [-0.15, -0.1) is 0 Å². The number of hydrogen-bond donors (Lipinski definition) is 1. The summed E-state index contributed by atoms with van der Waals surface area (Å²) in [5.41, 5.74) is 0.422. The van der Waals surface area contributed by atoms with Gasteiger partial charge in [0.05, 0.1) is 12.0 Å². The van der Waals surface area contributed by atoms with Crippen LogP contribution in [0.5, 0.6) is 0 Å². The zero-order valence-electron chi connectivity index (χ0n) is 13.1. The van der Waals surface area contributed by atoms with Crippen molar-refractivity contribution in [2.24, 2.45) is 0 Å². The Morgan fingerprint density at radius 2 is 1.95 bits per heavy atom. The van der Waals surface area contributed by atoms with Crippen molar-refractivity contribution >= 4 is 5.91 Å². The van der Waals surface area contributed by atoms with Crippen LogP contribution in [0.25, 0.3) is 0 Å². The molecule has 21 heavy (non-hydrogen) atoms. The van der Waals surface area contributed by atoms with Gasteiger partial charge in [0.15, 0.2) is 6.10 Å². The molecule has 4 nitrogen and oxygen atoms in total. The number of hydrogen-bond acceptors (Lipinski definition) is 3. The lowest BCUT2D eigenvalue weighted by Gasteiger charge is -2.20. The second-order valence-corrected chi connectivity index (χ2v) is 5.57. The molecule has 1 aromatic rings. The van der Waals surface area contributed by atoms with Crippen LogP contribution in [0.2, 0.25) is 0 Å². The second kappa shape index (κ2) is 8.46. The molecule has 0 bridgehead atoms. The summed E-state index contributed by atoms with van der Waals surface area (Å²) in [5, 5.41) is 2.73. The maximum atomic E-state index is 11.7. The molecule has 1 unspecified atom stereocenters. The molecule has 1 amide bonds. The van der Waals surface area contributed by atoms with Gasteiger partial charge in [0, 0.05) is 12.1 Å². The third kappa shape index (κ3) is 8.13. The minimum Gasteiger partial charge on any atom is -0.356 e. The number of carbonyl (C=O) groups excluding carboxylic acids is 1. The molecule has 0 saturated carbocycles. The summed E-state index contributed by atoms with van der Waals surface area (Å²) in [6.45, 7) is 8.08. The predicted molar refractivity (Wildman–Crippen MR) is 82.3 cm³/mol. The Kier molecular flexibility index (Phi) is 6.93. The van der Waals surface area contributed by atoms with Crippen LogP contribution in [0.1, 0.15) is 39.7 Å². The van der Waals surface area contributed by atoms with Crippen molar-refractivity contribution in [2.45, 2.75) is 45.8 Å². The van der Waals surface area contributed by atoms with Gasteiger partial charge in [0.25, 0.3) is 0 Å². The lowest BCUT2D eigenvalue weighted by atomic mass is 10.2. The molecule has 0 radical (unpaired) electrons. The van der Waals surface area contributed by atoms with E-state index >= 15 is 0 Å². The number of amides is 1. The highest BCUT2D eigenvalue weighted by Crippen LogP contribution is 2.10. The van der Waals surface area contributed by atoms with Crippen LogP contribution in [0.15, 0.2) is 30.3 Å². The van der Waals surface area contributed by atoms with E-state index in [0.717, 1.165) is 5.56 Å². The van der Waals surface area contributed by atoms with E-state index < -0.39 is 11.7 Å². The first kappa shape index (κ1) is 17.2. The zero-order chi connectivity index (χ0) is 15.7. The molecule has 4 heteroatoms. The molecule has 1 aromatic carbocycles. The summed E-state index contributed by atoms with van der Waals surface area (Å²) in [5.74, 6) is 5.82. The highest BCUT2D eigenvalue weighted by molar-refractivity contribution is 5.76. The van der Waals surface area contributed by atoms with E-state index in [1.807, 2.05) is 58.0 Å². The van der Waals surface area contributed by atoms with E-state index in [2.05, 4.69) is 17.2 Å². The van der Waals surface area contributed by atoms with Crippen molar-refractivity contribution < 1.29 is 14.6 Å². The fourth-order valence-electron chi connectivity index (χ4n) is 1.43. The fourth-order valence-corrected chi connectivity index (χ4v) is 1.43. The van der Waals surface area contributed by atoms with Crippen molar-refractivity contribution in [3.63, 3.8) is 0 Å². The molecule has 0 spiro atoms. The molecule has 0 fully saturated rings. The zero-order valence-corrected chi connectivity index (χ0v) is 13.1. The highest BCUT2D eigenvalue weighted by atomic mass is 17.2. The first-order valence-electron chi connectivity index (χ1n) is 7.08. The minimum atomic E-state index is -0.601. The van der Waals surface area contributed by atoms with Gasteiger partial charge in [0.1, 0.15) is 0 Å². The van der Waals surface area contributed by atoms with Crippen LogP contribution in [0.4, 0.5) is 0 Å².